The molecule has 3 rings (SSSR count). The van der Waals surface area contributed by atoms with Crippen molar-refractivity contribution in [2.24, 2.45) is 5.92 Å². The topological polar surface area (TPSA) is 84.1 Å². The second-order valence-corrected chi connectivity index (χ2v) is 5.80. The van der Waals surface area contributed by atoms with Gasteiger partial charge >= 0.3 is 6.03 Å². The summed E-state index contributed by atoms with van der Waals surface area (Å²) in [6.45, 7) is -1.29. The van der Waals surface area contributed by atoms with Crippen molar-refractivity contribution in [1.29, 1.82) is 0 Å². The van der Waals surface area contributed by atoms with Crippen LogP contribution in [0.4, 0.5) is 19.4 Å². The van der Waals surface area contributed by atoms with Gasteiger partial charge in [0.1, 0.15) is 5.82 Å². The highest BCUT2D eigenvalue weighted by Crippen LogP contribution is 2.47. The van der Waals surface area contributed by atoms with E-state index in [9.17, 15) is 13.6 Å². The lowest BCUT2D eigenvalue weighted by atomic mass is 10.0. The van der Waals surface area contributed by atoms with Crippen LogP contribution >= 0.6 is 11.6 Å². The fourth-order valence-corrected chi connectivity index (χ4v) is 2.81. The molecule has 1 unspecified atom stereocenters. The highest BCUT2D eigenvalue weighted by atomic mass is 35.5. The van der Waals surface area contributed by atoms with Gasteiger partial charge in [0.25, 0.3) is 5.92 Å². The molecular weight excluding hydrogens is 304 g/mol. The molecule has 2 fully saturated rings. The third kappa shape index (κ3) is 2.85. The summed E-state index contributed by atoms with van der Waals surface area (Å²) in [6, 6.07) is 0.420. The largest absolute Gasteiger partial charge is 0.382 e. The number of halogens is 3. The number of carbonyl (C=O) groups excluding carboxylic acids is 1. The predicted molar refractivity (Wildman–Crippen MR) is 72.0 cm³/mol. The van der Waals surface area contributed by atoms with E-state index in [0.717, 1.165) is 17.7 Å². The number of aromatic nitrogens is 2. The van der Waals surface area contributed by atoms with E-state index in [4.69, 9.17) is 17.3 Å². The fraction of sp³-hybridized carbons (Fsp3) is 0.583. The summed E-state index contributed by atoms with van der Waals surface area (Å²) in [5.41, 5.74) is 6.08. The van der Waals surface area contributed by atoms with Crippen LogP contribution in [0.2, 0.25) is 5.15 Å². The van der Waals surface area contributed by atoms with E-state index >= 15 is 0 Å². The highest BCUT2D eigenvalue weighted by Gasteiger charge is 2.47. The minimum Gasteiger partial charge on any atom is -0.382 e. The monoisotopic (exact) mass is 317 g/mol. The Labute approximate surface area is 124 Å². The van der Waals surface area contributed by atoms with Crippen LogP contribution in [-0.4, -0.2) is 40.1 Å². The summed E-state index contributed by atoms with van der Waals surface area (Å²) >= 11 is 6.03. The maximum atomic E-state index is 13.6. The molecule has 2 heterocycles. The van der Waals surface area contributed by atoms with Crippen LogP contribution < -0.4 is 11.1 Å². The van der Waals surface area contributed by atoms with Crippen molar-refractivity contribution in [3.05, 3.63) is 16.8 Å². The number of nitrogens with two attached hydrogens (primary N) is 1. The number of alkyl halides is 2. The quantitative estimate of drug-likeness (QED) is 0.890. The minimum absolute atomic E-state index is 0.0859. The smallest absolute Gasteiger partial charge is 0.318 e. The number of hydrogen-bond acceptors (Lipinski definition) is 4. The second-order valence-electron chi connectivity index (χ2n) is 5.44. The van der Waals surface area contributed by atoms with Crippen LogP contribution in [0.3, 0.4) is 0 Å². The van der Waals surface area contributed by atoms with E-state index in [-0.39, 0.29) is 16.9 Å². The molecule has 3 N–H and O–H groups in total. The SMILES string of the molecule is Nc1cc(C(C2CC2)N2CC(F)(F)CNC2=O)c(Cl)nn1. The van der Waals surface area contributed by atoms with Gasteiger partial charge in [-0.1, -0.05) is 11.6 Å². The molecule has 0 radical (unpaired) electrons. The third-order valence-corrected chi connectivity index (χ3v) is 3.97. The van der Waals surface area contributed by atoms with Gasteiger partial charge in [-0.05, 0) is 24.8 Å². The molecule has 2 aliphatic rings. The first-order valence-electron chi connectivity index (χ1n) is 6.58. The first-order chi connectivity index (χ1) is 9.87. The summed E-state index contributed by atoms with van der Waals surface area (Å²) in [4.78, 5) is 13.1. The van der Waals surface area contributed by atoms with Crippen molar-refractivity contribution >= 4 is 23.4 Å². The number of hydrogen-bond donors (Lipinski definition) is 2. The van der Waals surface area contributed by atoms with E-state index in [2.05, 4.69) is 15.5 Å². The van der Waals surface area contributed by atoms with Crippen LogP contribution in [0, 0.1) is 5.92 Å². The summed E-state index contributed by atoms with van der Waals surface area (Å²) in [6.07, 6.45) is 1.69. The number of rotatable bonds is 3. The average Bonchev–Trinajstić information content (AvgIpc) is 3.22. The molecule has 1 saturated carbocycles. The van der Waals surface area contributed by atoms with Crippen LogP contribution in [0.15, 0.2) is 6.07 Å². The van der Waals surface area contributed by atoms with Crippen molar-refractivity contribution in [2.45, 2.75) is 24.8 Å². The normalized spacial score (nSPS) is 22.8. The highest BCUT2D eigenvalue weighted by molar-refractivity contribution is 6.30. The van der Waals surface area contributed by atoms with E-state index in [1.165, 1.54) is 6.07 Å². The van der Waals surface area contributed by atoms with Gasteiger partial charge in [0.15, 0.2) is 5.15 Å². The van der Waals surface area contributed by atoms with Crippen LogP contribution in [-0.2, 0) is 0 Å². The van der Waals surface area contributed by atoms with Crippen molar-refractivity contribution in [1.82, 2.24) is 20.4 Å². The number of anilines is 1. The van der Waals surface area contributed by atoms with E-state index in [1.54, 1.807) is 0 Å². The zero-order valence-electron chi connectivity index (χ0n) is 11.0. The van der Waals surface area contributed by atoms with Gasteiger partial charge in [-0.25, -0.2) is 13.6 Å². The molecule has 9 heteroatoms. The molecule has 2 amide bonds. The maximum Gasteiger partial charge on any atom is 0.318 e. The van der Waals surface area contributed by atoms with E-state index < -0.39 is 31.1 Å². The van der Waals surface area contributed by atoms with Gasteiger partial charge in [-0.3, -0.25) is 0 Å². The maximum absolute atomic E-state index is 13.6. The zero-order chi connectivity index (χ0) is 15.2. The summed E-state index contributed by atoms with van der Waals surface area (Å²) in [7, 11) is 0. The minimum atomic E-state index is -2.97. The molecule has 1 saturated heterocycles. The average molecular weight is 318 g/mol. The molecule has 6 nitrogen and oxygen atoms in total. The van der Waals surface area contributed by atoms with Gasteiger partial charge in [-0.2, -0.15) is 0 Å². The third-order valence-electron chi connectivity index (χ3n) is 3.68. The first kappa shape index (κ1) is 14.2. The van der Waals surface area contributed by atoms with Crippen molar-refractivity contribution in [2.75, 3.05) is 18.8 Å². The Bertz CT molecular complexity index is 581. The molecule has 1 aromatic rings. The summed E-state index contributed by atoms with van der Waals surface area (Å²) in [5, 5.41) is 9.64. The number of urea groups is 1. The number of carbonyl (C=O) groups is 1. The molecular formula is C12H14ClF2N5O. The van der Waals surface area contributed by atoms with Gasteiger partial charge in [-0.15, -0.1) is 10.2 Å². The Hall–Kier alpha value is -1.70. The van der Waals surface area contributed by atoms with Gasteiger partial charge in [0.2, 0.25) is 0 Å². The zero-order valence-corrected chi connectivity index (χ0v) is 11.8. The predicted octanol–water partition coefficient (Wildman–Crippen LogP) is 1.82. The summed E-state index contributed by atoms with van der Waals surface area (Å²) < 4.78 is 27.3. The standard InChI is InChI=1S/C12H14ClF2N5O/c13-10-7(3-8(16)18-19-10)9(6-1-2-6)20-5-12(14,15)4-17-11(20)21/h3,6,9H,1-2,4-5H2,(H2,16,18)(H,17,21). The second kappa shape index (κ2) is 4.94. The Morgan fingerprint density at radius 1 is 1.48 bits per heavy atom. The van der Waals surface area contributed by atoms with E-state index in [0.29, 0.717) is 5.56 Å². The number of nitrogens with one attached hydrogen (secondary N) is 1. The lowest BCUT2D eigenvalue weighted by Gasteiger charge is -2.38. The Morgan fingerprint density at radius 2 is 2.19 bits per heavy atom. The number of amides is 2. The number of nitrogens with zero attached hydrogens (tertiary/aromatic N) is 3. The lowest BCUT2D eigenvalue weighted by Crippen LogP contribution is -2.58. The van der Waals surface area contributed by atoms with Gasteiger partial charge in [0.05, 0.1) is 19.1 Å². The van der Waals surface area contributed by atoms with Gasteiger partial charge < -0.3 is 16.0 Å². The molecule has 0 spiro atoms. The van der Waals surface area contributed by atoms with Crippen molar-refractivity contribution in [3.63, 3.8) is 0 Å². The molecule has 0 bridgehead atoms. The van der Waals surface area contributed by atoms with Crippen LogP contribution in [0.1, 0.15) is 24.4 Å². The van der Waals surface area contributed by atoms with Crippen molar-refractivity contribution in [3.8, 4) is 0 Å². The Balaban J connectivity index is 1.98. The molecule has 1 aromatic heterocycles. The van der Waals surface area contributed by atoms with Crippen LogP contribution in [0.25, 0.3) is 0 Å². The Kier molecular flexibility index (Phi) is 3.35. The molecule has 0 aromatic carbocycles. The lowest BCUT2D eigenvalue weighted by molar-refractivity contribution is -0.0463. The molecule has 21 heavy (non-hydrogen) atoms. The van der Waals surface area contributed by atoms with Crippen molar-refractivity contribution < 1.29 is 13.6 Å². The summed E-state index contributed by atoms with van der Waals surface area (Å²) in [5.74, 6) is -2.74. The first-order valence-corrected chi connectivity index (χ1v) is 6.96. The van der Waals surface area contributed by atoms with Gasteiger partial charge in [0, 0.05) is 5.56 Å². The Morgan fingerprint density at radius 3 is 2.86 bits per heavy atom. The molecule has 114 valence electrons. The fourth-order valence-electron chi connectivity index (χ4n) is 2.61. The molecule has 1 atom stereocenters. The van der Waals surface area contributed by atoms with E-state index in [1.807, 2.05) is 0 Å². The number of nitrogen functional groups attached to an aromatic ring is 1. The van der Waals surface area contributed by atoms with Crippen LogP contribution in [0.5, 0.6) is 0 Å². The molecule has 1 aliphatic carbocycles. The molecule has 1 aliphatic heterocycles.